The van der Waals surface area contributed by atoms with E-state index in [-0.39, 0.29) is 5.78 Å². The van der Waals surface area contributed by atoms with Crippen molar-refractivity contribution in [3.05, 3.63) is 35.0 Å². The second-order valence-electron chi connectivity index (χ2n) is 5.55. The van der Waals surface area contributed by atoms with Gasteiger partial charge in [-0.15, -0.1) is 0 Å². The molecular weight excluding hydrogens is 320 g/mol. The number of aliphatic hydroxyl groups is 1. The highest BCUT2D eigenvalue weighted by atomic mass is 79.9. The molecule has 0 aromatic rings. The van der Waals surface area contributed by atoms with Crippen LogP contribution in [0.3, 0.4) is 0 Å². The zero-order chi connectivity index (χ0) is 15.3. The van der Waals surface area contributed by atoms with E-state index in [4.69, 9.17) is 4.74 Å². The molecule has 4 heteroatoms. The van der Waals surface area contributed by atoms with E-state index in [0.29, 0.717) is 19.3 Å². The van der Waals surface area contributed by atoms with E-state index in [0.717, 1.165) is 28.7 Å². The summed E-state index contributed by atoms with van der Waals surface area (Å²) in [6.07, 6.45) is 4.24. The topological polar surface area (TPSA) is 46.5 Å². The molecule has 112 valence electrons. The lowest BCUT2D eigenvalue weighted by atomic mass is 9.69. The standard InChI is InChI=1S/C16H23BrO3/c1-11(2)14(18)6-8-16(10-12(3)17)7-5-13(20-4)9-15(16)19/h9,14,18H,1,3,5-8,10H2,2,4H3/t14-,16+/m0/s1. The van der Waals surface area contributed by atoms with Gasteiger partial charge in [0.15, 0.2) is 5.78 Å². The van der Waals surface area contributed by atoms with Crippen molar-refractivity contribution in [2.75, 3.05) is 7.11 Å². The van der Waals surface area contributed by atoms with Crippen molar-refractivity contribution in [2.45, 2.75) is 45.1 Å². The molecule has 0 unspecified atom stereocenters. The number of aliphatic hydroxyl groups excluding tert-OH is 1. The minimum Gasteiger partial charge on any atom is -0.501 e. The van der Waals surface area contributed by atoms with Gasteiger partial charge in [0.25, 0.3) is 0 Å². The summed E-state index contributed by atoms with van der Waals surface area (Å²) in [5, 5.41) is 9.90. The minimum absolute atomic E-state index is 0.0649. The van der Waals surface area contributed by atoms with Crippen LogP contribution in [-0.4, -0.2) is 24.1 Å². The van der Waals surface area contributed by atoms with Crippen LogP contribution in [-0.2, 0) is 9.53 Å². The van der Waals surface area contributed by atoms with Gasteiger partial charge in [0.2, 0.25) is 0 Å². The van der Waals surface area contributed by atoms with E-state index in [1.165, 1.54) is 0 Å². The Hall–Kier alpha value is -0.870. The molecule has 0 amide bonds. The van der Waals surface area contributed by atoms with Crippen LogP contribution in [0.2, 0.25) is 0 Å². The Morgan fingerprint density at radius 1 is 1.60 bits per heavy atom. The molecule has 1 aliphatic carbocycles. The van der Waals surface area contributed by atoms with E-state index in [1.807, 2.05) is 0 Å². The van der Waals surface area contributed by atoms with Gasteiger partial charge in [0.1, 0.15) is 0 Å². The Bertz CT molecular complexity index is 439. The van der Waals surface area contributed by atoms with Gasteiger partial charge in [-0.2, -0.15) is 0 Å². The van der Waals surface area contributed by atoms with E-state index in [2.05, 4.69) is 29.1 Å². The molecule has 1 rings (SSSR count). The summed E-state index contributed by atoms with van der Waals surface area (Å²) in [4.78, 5) is 12.5. The number of methoxy groups -OCH3 is 1. The highest BCUT2D eigenvalue weighted by molar-refractivity contribution is 9.11. The molecule has 0 fully saturated rings. The lowest BCUT2D eigenvalue weighted by molar-refractivity contribution is -0.126. The highest BCUT2D eigenvalue weighted by Crippen LogP contribution is 2.43. The molecule has 1 N–H and O–H groups in total. The number of hydrogen-bond donors (Lipinski definition) is 1. The average Bonchev–Trinajstić information content (AvgIpc) is 2.38. The first-order valence-corrected chi connectivity index (χ1v) is 7.56. The third-order valence-electron chi connectivity index (χ3n) is 3.92. The van der Waals surface area contributed by atoms with Crippen LogP contribution < -0.4 is 0 Å². The number of ether oxygens (including phenoxy) is 1. The molecule has 20 heavy (non-hydrogen) atoms. The Kier molecular flexibility index (Phi) is 6.21. The number of hydrogen-bond acceptors (Lipinski definition) is 3. The number of allylic oxidation sites excluding steroid dienone is 3. The van der Waals surface area contributed by atoms with Crippen LogP contribution in [0, 0.1) is 5.41 Å². The molecule has 1 aliphatic rings. The van der Waals surface area contributed by atoms with Crippen molar-refractivity contribution in [3.63, 3.8) is 0 Å². The van der Waals surface area contributed by atoms with E-state index >= 15 is 0 Å². The molecule has 0 saturated carbocycles. The molecule has 0 saturated heterocycles. The maximum absolute atomic E-state index is 12.5. The van der Waals surface area contributed by atoms with E-state index in [1.54, 1.807) is 20.1 Å². The molecular formula is C16H23BrO3. The SMILES string of the molecule is C=C(Br)C[C@]1(CC[C@H](O)C(=C)C)CCC(OC)=CC1=O. The summed E-state index contributed by atoms with van der Waals surface area (Å²) in [5.41, 5.74) is 0.244. The van der Waals surface area contributed by atoms with Gasteiger partial charge in [-0.3, -0.25) is 4.79 Å². The Morgan fingerprint density at radius 2 is 2.25 bits per heavy atom. The van der Waals surface area contributed by atoms with Crippen molar-refractivity contribution in [3.8, 4) is 0 Å². The predicted octanol–water partition coefficient (Wildman–Crippen LogP) is 3.88. The first-order valence-electron chi connectivity index (χ1n) is 6.76. The van der Waals surface area contributed by atoms with Crippen LogP contribution in [0.5, 0.6) is 0 Å². The third-order valence-corrected chi connectivity index (χ3v) is 4.20. The van der Waals surface area contributed by atoms with Gasteiger partial charge in [-0.1, -0.05) is 34.7 Å². The zero-order valence-corrected chi connectivity index (χ0v) is 13.8. The van der Waals surface area contributed by atoms with Crippen molar-refractivity contribution in [1.82, 2.24) is 0 Å². The summed E-state index contributed by atoms with van der Waals surface area (Å²) in [6.45, 7) is 9.41. The van der Waals surface area contributed by atoms with Gasteiger partial charge in [0, 0.05) is 17.9 Å². The summed E-state index contributed by atoms with van der Waals surface area (Å²) in [5.74, 6) is 0.793. The molecule has 0 aromatic heterocycles. The molecule has 0 aromatic carbocycles. The number of ketones is 1. The first-order chi connectivity index (χ1) is 9.30. The maximum atomic E-state index is 12.5. The monoisotopic (exact) mass is 342 g/mol. The fourth-order valence-electron chi connectivity index (χ4n) is 2.56. The fraction of sp³-hybridized carbons (Fsp3) is 0.562. The lowest BCUT2D eigenvalue weighted by Crippen LogP contribution is -2.34. The quantitative estimate of drug-likeness (QED) is 0.714. The van der Waals surface area contributed by atoms with Gasteiger partial charge in [-0.25, -0.2) is 0 Å². The average molecular weight is 343 g/mol. The van der Waals surface area contributed by atoms with Crippen LogP contribution in [0.4, 0.5) is 0 Å². The van der Waals surface area contributed by atoms with Crippen LogP contribution in [0.1, 0.15) is 39.0 Å². The molecule has 0 bridgehead atoms. The van der Waals surface area contributed by atoms with Crippen molar-refractivity contribution in [1.29, 1.82) is 0 Å². The summed E-state index contributed by atoms with van der Waals surface area (Å²) >= 11 is 3.36. The number of carbonyl (C=O) groups is 1. The number of carbonyl (C=O) groups excluding carboxylic acids is 1. The molecule has 0 radical (unpaired) electrons. The van der Waals surface area contributed by atoms with Crippen LogP contribution >= 0.6 is 15.9 Å². The normalized spacial score (nSPS) is 24.0. The van der Waals surface area contributed by atoms with Gasteiger partial charge >= 0.3 is 0 Å². The summed E-state index contributed by atoms with van der Waals surface area (Å²) in [7, 11) is 1.58. The van der Waals surface area contributed by atoms with E-state index in [9.17, 15) is 9.90 Å². The van der Waals surface area contributed by atoms with Gasteiger partial charge < -0.3 is 9.84 Å². The van der Waals surface area contributed by atoms with Gasteiger partial charge in [0.05, 0.1) is 19.0 Å². The largest absolute Gasteiger partial charge is 0.501 e. The van der Waals surface area contributed by atoms with Crippen molar-refractivity contribution >= 4 is 21.7 Å². The molecule has 0 heterocycles. The first kappa shape index (κ1) is 17.2. The molecule has 3 nitrogen and oxygen atoms in total. The van der Waals surface area contributed by atoms with Crippen LogP contribution in [0.15, 0.2) is 35.0 Å². The number of rotatable bonds is 7. The smallest absolute Gasteiger partial charge is 0.165 e. The third kappa shape index (κ3) is 4.32. The van der Waals surface area contributed by atoms with E-state index < -0.39 is 11.5 Å². The minimum atomic E-state index is -0.559. The van der Waals surface area contributed by atoms with Crippen molar-refractivity contribution in [2.24, 2.45) is 5.41 Å². The lowest BCUT2D eigenvalue weighted by Gasteiger charge is -2.35. The Balaban J connectivity index is 2.88. The molecule has 2 atom stereocenters. The highest BCUT2D eigenvalue weighted by Gasteiger charge is 2.40. The summed E-state index contributed by atoms with van der Waals surface area (Å²) in [6, 6.07) is 0. The second kappa shape index (κ2) is 7.23. The fourth-order valence-corrected chi connectivity index (χ4v) is 3.09. The number of halogens is 1. The van der Waals surface area contributed by atoms with Gasteiger partial charge in [-0.05, 0) is 37.1 Å². The second-order valence-corrected chi connectivity index (χ2v) is 6.68. The maximum Gasteiger partial charge on any atom is 0.165 e. The van der Waals surface area contributed by atoms with Crippen molar-refractivity contribution < 1.29 is 14.6 Å². The zero-order valence-electron chi connectivity index (χ0n) is 12.2. The predicted molar refractivity (Wildman–Crippen MR) is 84.5 cm³/mol. The molecule has 0 spiro atoms. The molecule has 0 aliphatic heterocycles. The Labute approximate surface area is 129 Å². The van der Waals surface area contributed by atoms with Crippen LogP contribution in [0.25, 0.3) is 0 Å². The summed E-state index contributed by atoms with van der Waals surface area (Å²) < 4.78 is 5.98. The Morgan fingerprint density at radius 3 is 2.70 bits per heavy atom.